The Morgan fingerprint density at radius 1 is 0.469 bits per heavy atom. The summed E-state index contributed by atoms with van der Waals surface area (Å²) in [4.78, 5) is 35.1. The number of unbranched alkanes of at least 4 members (excludes halogenated alkanes) is 32. The average Bonchev–Trinajstić information content (AvgIpc) is 3.28. The third kappa shape index (κ3) is 49.7. The summed E-state index contributed by atoms with van der Waals surface area (Å²) >= 11 is 0. The van der Waals surface area contributed by atoms with Gasteiger partial charge in [0.15, 0.2) is 6.10 Å². The number of carbonyl (C=O) groups excluding carboxylic acids is 2. The first-order valence-corrected chi connectivity index (χ1v) is 28.5. The molecule has 0 heterocycles. The van der Waals surface area contributed by atoms with E-state index in [-0.39, 0.29) is 38.6 Å². The highest BCUT2D eigenvalue weighted by Crippen LogP contribution is 2.43. The van der Waals surface area contributed by atoms with Crippen LogP contribution >= 0.6 is 7.82 Å². The minimum absolute atomic E-state index is 0.0534. The maximum absolute atomic E-state index is 12.7. The van der Waals surface area contributed by atoms with Crippen molar-refractivity contribution in [3.8, 4) is 0 Å². The van der Waals surface area contributed by atoms with Crippen molar-refractivity contribution < 1.29 is 37.6 Å². The molecule has 0 aromatic heterocycles. The zero-order valence-electron chi connectivity index (χ0n) is 41.8. The summed E-state index contributed by atoms with van der Waals surface area (Å²) in [6.45, 7) is 3.76. The van der Waals surface area contributed by atoms with Crippen LogP contribution in [0, 0.1) is 0 Å². The first-order valence-electron chi connectivity index (χ1n) is 27.0. The van der Waals surface area contributed by atoms with Crippen LogP contribution in [-0.4, -0.2) is 49.3 Å². The Bertz CT molecular complexity index is 1140. The van der Waals surface area contributed by atoms with E-state index in [4.69, 9.17) is 24.3 Å². The van der Waals surface area contributed by atoms with E-state index in [1.807, 2.05) is 0 Å². The average molecular weight is 924 g/mol. The first-order chi connectivity index (χ1) is 31.3. The number of nitrogens with two attached hydrogens (primary N) is 1. The van der Waals surface area contributed by atoms with Crippen molar-refractivity contribution in [3.63, 3.8) is 0 Å². The number of allylic oxidation sites excluding steroid dienone is 6. The molecule has 0 saturated heterocycles. The lowest BCUT2D eigenvalue weighted by molar-refractivity contribution is -0.161. The smallest absolute Gasteiger partial charge is 0.462 e. The van der Waals surface area contributed by atoms with Crippen LogP contribution in [0.1, 0.15) is 264 Å². The lowest BCUT2D eigenvalue weighted by Crippen LogP contribution is -2.29. The number of rotatable bonds is 51. The van der Waals surface area contributed by atoms with E-state index in [1.54, 1.807) is 0 Å². The zero-order valence-corrected chi connectivity index (χ0v) is 42.7. The van der Waals surface area contributed by atoms with Gasteiger partial charge in [0.1, 0.15) is 6.61 Å². The lowest BCUT2D eigenvalue weighted by atomic mass is 10.0. The van der Waals surface area contributed by atoms with Gasteiger partial charge >= 0.3 is 19.8 Å². The highest BCUT2D eigenvalue weighted by atomic mass is 31.2. The number of carbonyl (C=O) groups is 2. The van der Waals surface area contributed by atoms with Crippen LogP contribution in [0.25, 0.3) is 0 Å². The van der Waals surface area contributed by atoms with Gasteiger partial charge in [-0.3, -0.25) is 18.6 Å². The van der Waals surface area contributed by atoms with E-state index >= 15 is 0 Å². The van der Waals surface area contributed by atoms with E-state index in [0.29, 0.717) is 6.42 Å². The highest BCUT2D eigenvalue weighted by molar-refractivity contribution is 7.47. The molecule has 64 heavy (non-hydrogen) atoms. The quantitative estimate of drug-likeness (QED) is 0.0265. The second kappa shape index (κ2) is 50.6. The Kier molecular flexibility index (Phi) is 49.2. The molecule has 3 N–H and O–H groups in total. The summed E-state index contributed by atoms with van der Waals surface area (Å²) in [6.07, 6.45) is 59.0. The van der Waals surface area contributed by atoms with Gasteiger partial charge in [-0.25, -0.2) is 4.57 Å². The second-order valence-corrected chi connectivity index (χ2v) is 19.5. The molecular weight excluding hydrogens is 822 g/mol. The van der Waals surface area contributed by atoms with Gasteiger partial charge in [0.2, 0.25) is 0 Å². The number of phosphoric ester groups is 1. The van der Waals surface area contributed by atoms with Gasteiger partial charge in [-0.05, 0) is 70.6 Å². The summed E-state index contributed by atoms with van der Waals surface area (Å²) in [7, 11) is -4.38. The molecule has 0 bridgehead atoms. The molecule has 2 unspecified atom stereocenters. The summed E-state index contributed by atoms with van der Waals surface area (Å²) in [5.41, 5.74) is 5.37. The van der Waals surface area contributed by atoms with Gasteiger partial charge in [0, 0.05) is 19.4 Å². The second-order valence-electron chi connectivity index (χ2n) is 18.1. The summed E-state index contributed by atoms with van der Waals surface area (Å²) < 4.78 is 33.0. The molecule has 0 radical (unpaired) electrons. The van der Waals surface area contributed by atoms with Crippen molar-refractivity contribution in [3.05, 3.63) is 36.5 Å². The van der Waals surface area contributed by atoms with Crippen LogP contribution in [0.4, 0.5) is 0 Å². The molecule has 9 nitrogen and oxygen atoms in total. The molecule has 10 heteroatoms. The zero-order chi connectivity index (χ0) is 46.7. The van der Waals surface area contributed by atoms with Gasteiger partial charge in [-0.1, -0.05) is 217 Å². The van der Waals surface area contributed by atoms with Gasteiger partial charge in [0.25, 0.3) is 0 Å². The number of ether oxygens (including phenoxy) is 2. The van der Waals surface area contributed by atoms with Crippen molar-refractivity contribution in [1.29, 1.82) is 0 Å². The topological polar surface area (TPSA) is 134 Å². The molecule has 0 aliphatic heterocycles. The number of esters is 2. The van der Waals surface area contributed by atoms with Crippen molar-refractivity contribution in [2.75, 3.05) is 26.4 Å². The van der Waals surface area contributed by atoms with Crippen LogP contribution in [0.5, 0.6) is 0 Å². The van der Waals surface area contributed by atoms with Gasteiger partial charge in [-0.15, -0.1) is 0 Å². The standard InChI is InChI=1S/C54H102NO8P/c1-3-5-7-9-11-13-15-17-19-21-23-24-25-26-27-28-29-31-33-35-37-39-41-43-45-47-54(57)63-52(51-62-64(58,59)61-49-48-55)50-60-53(56)46-44-42-40-38-36-34-32-30-22-20-18-16-14-12-10-8-6-4-2/h15,17,20-23,52H,3-14,16,18-19,24-51,55H2,1-2H3,(H,58,59)/b17-15-,22-20-,23-21-. The Morgan fingerprint density at radius 3 is 1.20 bits per heavy atom. The van der Waals surface area contributed by atoms with Crippen LogP contribution in [0.2, 0.25) is 0 Å². The normalized spacial score (nSPS) is 13.4. The molecule has 0 spiro atoms. The molecule has 0 saturated carbocycles. The molecular formula is C54H102NO8P. The highest BCUT2D eigenvalue weighted by Gasteiger charge is 2.26. The van der Waals surface area contributed by atoms with Gasteiger partial charge < -0.3 is 20.1 Å². The Labute approximate surface area is 394 Å². The maximum Gasteiger partial charge on any atom is 0.472 e. The maximum atomic E-state index is 12.7. The predicted octanol–water partition coefficient (Wildman–Crippen LogP) is 16.5. The van der Waals surface area contributed by atoms with Crippen molar-refractivity contribution in [1.82, 2.24) is 0 Å². The third-order valence-electron chi connectivity index (χ3n) is 11.7. The van der Waals surface area contributed by atoms with Crippen LogP contribution in [-0.2, 0) is 32.7 Å². The van der Waals surface area contributed by atoms with Crippen LogP contribution in [0.3, 0.4) is 0 Å². The fourth-order valence-electron chi connectivity index (χ4n) is 7.72. The van der Waals surface area contributed by atoms with E-state index in [1.165, 1.54) is 173 Å². The number of hydrogen-bond acceptors (Lipinski definition) is 8. The van der Waals surface area contributed by atoms with Crippen molar-refractivity contribution in [2.24, 2.45) is 5.73 Å². The molecule has 2 atom stereocenters. The fourth-order valence-corrected chi connectivity index (χ4v) is 8.49. The molecule has 0 aromatic rings. The molecule has 0 rings (SSSR count). The van der Waals surface area contributed by atoms with Crippen LogP contribution in [0.15, 0.2) is 36.5 Å². The Morgan fingerprint density at radius 2 is 0.812 bits per heavy atom. The summed E-state index contributed by atoms with van der Waals surface area (Å²) in [6, 6.07) is 0. The molecule has 0 aliphatic rings. The fraction of sp³-hybridized carbons (Fsp3) is 0.852. The van der Waals surface area contributed by atoms with E-state index in [0.717, 1.165) is 57.8 Å². The van der Waals surface area contributed by atoms with E-state index < -0.39 is 26.5 Å². The van der Waals surface area contributed by atoms with Crippen molar-refractivity contribution in [2.45, 2.75) is 270 Å². The third-order valence-corrected chi connectivity index (χ3v) is 12.7. The molecule has 376 valence electrons. The largest absolute Gasteiger partial charge is 0.472 e. The van der Waals surface area contributed by atoms with Gasteiger partial charge in [-0.2, -0.15) is 0 Å². The molecule has 0 aliphatic carbocycles. The van der Waals surface area contributed by atoms with E-state index in [9.17, 15) is 19.0 Å². The van der Waals surface area contributed by atoms with Crippen molar-refractivity contribution >= 4 is 19.8 Å². The SMILES string of the molecule is CCCCCCC/C=C\C/C=C\CCCCCCCCCCCCCCCC(=O)OC(COC(=O)CCCCCCCCC/C=C\CCCCCCCCC)COP(=O)(O)OCCN. The molecule has 0 amide bonds. The van der Waals surface area contributed by atoms with E-state index in [2.05, 4.69) is 50.3 Å². The van der Waals surface area contributed by atoms with Crippen LogP contribution < -0.4 is 5.73 Å². The number of phosphoric acid groups is 1. The summed E-state index contributed by atoms with van der Waals surface area (Å²) in [5, 5.41) is 0. The molecule has 0 fully saturated rings. The first kappa shape index (κ1) is 62.2. The monoisotopic (exact) mass is 924 g/mol. The lowest BCUT2D eigenvalue weighted by Gasteiger charge is -2.19. The minimum Gasteiger partial charge on any atom is -0.462 e. The Balaban J connectivity index is 4.00. The summed E-state index contributed by atoms with van der Waals surface area (Å²) in [5.74, 6) is -0.824. The molecule has 0 aromatic carbocycles. The minimum atomic E-state index is -4.38. The Hall–Kier alpha value is -1.77. The predicted molar refractivity (Wildman–Crippen MR) is 270 cm³/mol. The number of hydrogen-bond donors (Lipinski definition) is 2. The van der Waals surface area contributed by atoms with Gasteiger partial charge in [0.05, 0.1) is 13.2 Å².